The number of allylic oxidation sites excluding steroid dienone is 3. The van der Waals surface area contributed by atoms with Crippen molar-refractivity contribution < 1.29 is 24.5 Å². The van der Waals surface area contributed by atoms with Gasteiger partial charge in [0.1, 0.15) is 0 Å². The van der Waals surface area contributed by atoms with Crippen molar-refractivity contribution in [3.05, 3.63) is 24.3 Å². The molecule has 0 rings (SSSR count). The number of hydrogen-bond acceptors (Lipinski definition) is 5. The van der Waals surface area contributed by atoms with Crippen LogP contribution in [0.2, 0.25) is 0 Å². The SMILES string of the molecule is CCCCCCCC/C=C\CCCCCCCCCCCC(=O)OCCCCCCCCCCCCCCCCCCCCCCCCCCCCCCCC(=O)NC(CO)C(O)/C=C/CCCCCCCCCCCCCCCCCC. The molecule has 0 aromatic heterocycles. The minimum atomic E-state index is -0.842. The van der Waals surface area contributed by atoms with Crippen molar-refractivity contribution in [2.45, 2.75) is 443 Å². The van der Waals surface area contributed by atoms with Crippen LogP contribution in [0.15, 0.2) is 24.3 Å². The second kappa shape index (κ2) is 72.8. The highest BCUT2D eigenvalue weighted by atomic mass is 16.5. The number of hydrogen-bond donors (Lipinski definition) is 3. The van der Waals surface area contributed by atoms with Crippen LogP contribution < -0.4 is 5.32 Å². The summed E-state index contributed by atoms with van der Waals surface area (Å²) >= 11 is 0. The van der Waals surface area contributed by atoms with Crippen molar-refractivity contribution in [2.24, 2.45) is 0 Å². The van der Waals surface area contributed by atoms with E-state index in [1.165, 1.54) is 366 Å². The van der Waals surface area contributed by atoms with Gasteiger partial charge in [-0.2, -0.15) is 0 Å². The first kappa shape index (κ1) is 81.3. The summed E-state index contributed by atoms with van der Waals surface area (Å²) in [6.07, 6.45) is 92.8. The van der Waals surface area contributed by atoms with Crippen molar-refractivity contribution in [1.82, 2.24) is 5.32 Å². The molecule has 0 spiro atoms. The zero-order valence-electron chi connectivity index (χ0n) is 56.5. The van der Waals surface area contributed by atoms with Gasteiger partial charge in [-0.15, -0.1) is 0 Å². The van der Waals surface area contributed by atoms with E-state index in [2.05, 4.69) is 31.3 Å². The summed E-state index contributed by atoms with van der Waals surface area (Å²) in [7, 11) is 0. The lowest BCUT2D eigenvalue weighted by Crippen LogP contribution is -2.45. The molecule has 0 bridgehead atoms. The topological polar surface area (TPSA) is 95.9 Å². The van der Waals surface area contributed by atoms with Crippen LogP contribution in [0.5, 0.6) is 0 Å². The van der Waals surface area contributed by atoms with Crippen LogP contribution in [-0.2, 0) is 14.3 Å². The van der Waals surface area contributed by atoms with E-state index in [4.69, 9.17) is 4.74 Å². The van der Waals surface area contributed by atoms with Gasteiger partial charge in [0.2, 0.25) is 5.91 Å². The van der Waals surface area contributed by atoms with E-state index < -0.39 is 12.1 Å². The van der Waals surface area contributed by atoms with Gasteiger partial charge < -0.3 is 20.3 Å². The fourth-order valence-corrected chi connectivity index (χ4v) is 12.2. The Kier molecular flexibility index (Phi) is 71.4. The summed E-state index contributed by atoms with van der Waals surface area (Å²) in [5.41, 5.74) is 0. The normalized spacial score (nSPS) is 12.6. The number of ether oxygens (including phenoxy) is 1. The molecule has 0 aliphatic heterocycles. The molecule has 0 radical (unpaired) electrons. The summed E-state index contributed by atoms with van der Waals surface area (Å²) in [6, 6.07) is -0.625. The van der Waals surface area contributed by atoms with Crippen LogP contribution in [0, 0.1) is 0 Å². The average Bonchev–Trinajstić information content (AvgIpc) is 3.49. The lowest BCUT2D eigenvalue weighted by Gasteiger charge is -2.20. The number of nitrogens with one attached hydrogen (secondary N) is 1. The first-order valence-corrected chi connectivity index (χ1v) is 38.1. The maximum absolute atomic E-state index is 12.5. The van der Waals surface area contributed by atoms with E-state index in [0.29, 0.717) is 19.4 Å². The number of unbranched alkanes of at least 4 members (excludes halogenated alkanes) is 59. The number of amides is 1. The predicted molar refractivity (Wildman–Crippen MR) is 366 cm³/mol. The van der Waals surface area contributed by atoms with Gasteiger partial charge in [0.25, 0.3) is 0 Å². The number of aliphatic hydroxyl groups is 2. The van der Waals surface area contributed by atoms with Crippen LogP contribution in [-0.4, -0.2) is 47.4 Å². The van der Waals surface area contributed by atoms with Crippen molar-refractivity contribution >= 4 is 11.9 Å². The highest BCUT2D eigenvalue weighted by molar-refractivity contribution is 5.76. The summed E-state index contributed by atoms with van der Waals surface area (Å²) < 4.78 is 5.52. The molecule has 1 amide bonds. The number of carbonyl (C=O) groups is 2. The second-order valence-corrected chi connectivity index (χ2v) is 26.3. The van der Waals surface area contributed by atoms with Gasteiger partial charge in [0.15, 0.2) is 0 Å². The fourth-order valence-electron chi connectivity index (χ4n) is 12.2. The van der Waals surface area contributed by atoms with Crippen LogP contribution in [0.4, 0.5) is 0 Å². The maximum Gasteiger partial charge on any atom is 0.305 e. The summed E-state index contributed by atoms with van der Waals surface area (Å²) in [4.78, 5) is 24.6. The predicted octanol–water partition coefficient (Wildman–Crippen LogP) is 24.9. The summed E-state index contributed by atoms with van der Waals surface area (Å²) in [6.45, 7) is 4.95. The molecule has 0 aliphatic carbocycles. The monoisotopic (exact) mass is 1170 g/mol. The molecule has 2 atom stereocenters. The van der Waals surface area contributed by atoms with Crippen LogP contribution in [0.1, 0.15) is 431 Å². The molecule has 0 saturated carbocycles. The molecule has 83 heavy (non-hydrogen) atoms. The van der Waals surface area contributed by atoms with Gasteiger partial charge in [-0.1, -0.05) is 385 Å². The van der Waals surface area contributed by atoms with Gasteiger partial charge >= 0.3 is 5.97 Å². The number of rotatable bonds is 72. The van der Waals surface area contributed by atoms with Crippen LogP contribution >= 0.6 is 0 Å². The van der Waals surface area contributed by atoms with Gasteiger partial charge in [-0.25, -0.2) is 0 Å². The van der Waals surface area contributed by atoms with Crippen molar-refractivity contribution in [2.75, 3.05) is 13.2 Å². The quantitative estimate of drug-likeness (QED) is 0.0320. The van der Waals surface area contributed by atoms with E-state index in [-0.39, 0.29) is 18.5 Å². The van der Waals surface area contributed by atoms with Gasteiger partial charge in [0, 0.05) is 12.8 Å². The highest BCUT2D eigenvalue weighted by Crippen LogP contribution is 2.19. The van der Waals surface area contributed by atoms with E-state index in [1.54, 1.807) is 6.08 Å². The van der Waals surface area contributed by atoms with Crippen LogP contribution in [0.3, 0.4) is 0 Å². The Balaban J connectivity index is 3.34. The fraction of sp³-hybridized carbons (Fsp3) is 0.922. The first-order chi connectivity index (χ1) is 41.0. The maximum atomic E-state index is 12.5. The first-order valence-electron chi connectivity index (χ1n) is 38.1. The van der Waals surface area contributed by atoms with Gasteiger partial charge in [-0.05, 0) is 57.8 Å². The zero-order chi connectivity index (χ0) is 59.9. The molecule has 0 heterocycles. The van der Waals surface area contributed by atoms with Gasteiger partial charge in [0.05, 0.1) is 25.4 Å². The molecule has 6 nitrogen and oxygen atoms in total. The summed E-state index contributed by atoms with van der Waals surface area (Å²) in [5.74, 6) is -0.0408. The minimum absolute atomic E-state index is 0.0197. The standard InChI is InChI=1S/C77H149NO5/c1-3-5-7-9-11-13-15-17-19-21-34-39-43-47-51-55-59-63-67-71-77(82)83-72-68-64-60-56-52-48-44-40-36-33-31-29-27-25-23-24-26-28-30-32-35-38-42-46-50-54-58-62-66-70-76(81)78-74(73-79)75(80)69-65-61-57-53-49-45-41-37-22-20-18-16-14-12-10-8-6-4-2/h17,19,65,69,74-75,79-80H,3-16,18,20-64,66-68,70-73H2,1-2H3,(H,78,81)/b19-17-,69-65+. The molecule has 0 fully saturated rings. The molecule has 0 aromatic rings. The third-order valence-corrected chi connectivity index (χ3v) is 18.0. The molecule has 2 unspecified atom stereocenters. The largest absolute Gasteiger partial charge is 0.466 e. The molecule has 0 saturated heterocycles. The Labute approximate surface area is 520 Å². The number of carbonyl (C=O) groups excluding carboxylic acids is 2. The van der Waals surface area contributed by atoms with Crippen molar-refractivity contribution in [1.29, 1.82) is 0 Å². The Hall–Kier alpha value is -1.66. The lowest BCUT2D eigenvalue weighted by molar-refractivity contribution is -0.143. The third-order valence-electron chi connectivity index (χ3n) is 18.0. The molecule has 492 valence electrons. The van der Waals surface area contributed by atoms with Crippen LogP contribution in [0.25, 0.3) is 0 Å². The second-order valence-electron chi connectivity index (χ2n) is 26.3. The van der Waals surface area contributed by atoms with Crippen molar-refractivity contribution in [3.63, 3.8) is 0 Å². The average molecular weight is 1170 g/mol. The van der Waals surface area contributed by atoms with E-state index >= 15 is 0 Å². The van der Waals surface area contributed by atoms with Gasteiger partial charge in [-0.3, -0.25) is 9.59 Å². The number of aliphatic hydroxyl groups excluding tert-OH is 2. The smallest absolute Gasteiger partial charge is 0.305 e. The Morgan fingerprint density at radius 1 is 0.325 bits per heavy atom. The Morgan fingerprint density at radius 2 is 0.566 bits per heavy atom. The van der Waals surface area contributed by atoms with E-state index in [9.17, 15) is 19.8 Å². The number of esters is 1. The molecule has 6 heteroatoms. The minimum Gasteiger partial charge on any atom is -0.466 e. The summed E-state index contributed by atoms with van der Waals surface area (Å²) in [5, 5.41) is 23.2. The molecular formula is C77H149NO5. The zero-order valence-corrected chi connectivity index (χ0v) is 56.5. The molecule has 3 N–H and O–H groups in total. The molecular weight excluding hydrogens is 1020 g/mol. The molecule has 0 aromatic carbocycles. The van der Waals surface area contributed by atoms with E-state index in [0.717, 1.165) is 38.5 Å². The lowest BCUT2D eigenvalue weighted by atomic mass is 10.0. The molecule has 0 aliphatic rings. The third kappa shape index (κ3) is 69.3. The Bertz CT molecular complexity index is 1300. The van der Waals surface area contributed by atoms with E-state index in [1.807, 2.05) is 6.08 Å². The Morgan fingerprint density at radius 3 is 0.855 bits per heavy atom. The highest BCUT2D eigenvalue weighted by Gasteiger charge is 2.18. The van der Waals surface area contributed by atoms with Crippen molar-refractivity contribution in [3.8, 4) is 0 Å².